The van der Waals surface area contributed by atoms with Crippen LogP contribution >= 0.6 is 0 Å². The maximum absolute atomic E-state index is 12.2. The number of benzene rings is 1. The van der Waals surface area contributed by atoms with E-state index < -0.39 is 17.9 Å². The quantitative estimate of drug-likeness (QED) is 0.468. The van der Waals surface area contributed by atoms with Crippen LogP contribution in [0.15, 0.2) is 36.9 Å². The summed E-state index contributed by atoms with van der Waals surface area (Å²) in [5, 5.41) is 14.3. The second kappa shape index (κ2) is 8.26. The van der Waals surface area contributed by atoms with E-state index in [2.05, 4.69) is 17.2 Å². The lowest BCUT2D eigenvalue weighted by atomic mass is 10.1. The lowest BCUT2D eigenvalue weighted by Gasteiger charge is -2.15. The molecule has 0 aromatic heterocycles. The largest absolute Gasteiger partial charge is 0.480 e. The van der Waals surface area contributed by atoms with E-state index in [0.717, 1.165) is 12.8 Å². The third kappa shape index (κ3) is 5.20. The molecule has 1 atom stereocenters. The molecular formula is C17H20N2O5. The number of rotatable bonds is 9. The molecule has 0 radical (unpaired) electrons. The highest BCUT2D eigenvalue weighted by Crippen LogP contribution is 2.30. The van der Waals surface area contributed by atoms with E-state index in [0.29, 0.717) is 5.69 Å². The van der Waals surface area contributed by atoms with Crippen LogP contribution in [0.5, 0.6) is 0 Å². The van der Waals surface area contributed by atoms with Gasteiger partial charge in [-0.15, -0.1) is 6.58 Å². The van der Waals surface area contributed by atoms with Crippen LogP contribution in [0, 0.1) is 5.92 Å². The zero-order chi connectivity index (χ0) is 17.5. The fourth-order valence-electron chi connectivity index (χ4n) is 2.01. The van der Waals surface area contributed by atoms with Crippen molar-refractivity contribution >= 4 is 23.5 Å². The van der Waals surface area contributed by atoms with Crippen LogP contribution in [-0.4, -0.2) is 42.1 Å². The lowest BCUT2D eigenvalue weighted by molar-refractivity contribution is -0.140. The van der Waals surface area contributed by atoms with Gasteiger partial charge in [-0.1, -0.05) is 12.1 Å². The van der Waals surface area contributed by atoms with Crippen molar-refractivity contribution < 1.29 is 24.2 Å². The molecule has 2 rings (SSSR count). The molecule has 1 unspecified atom stereocenters. The van der Waals surface area contributed by atoms with Crippen molar-refractivity contribution in [2.75, 3.05) is 18.5 Å². The number of carboxylic acids is 1. The van der Waals surface area contributed by atoms with Crippen LogP contribution in [0.2, 0.25) is 0 Å². The third-order valence-electron chi connectivity index (χ3n) is 3.46. The van der Waals surface area contributed by atoms with Crippen molar-refractivity contribution in [2.45, 2.75) is 18.9 Å². The molecule has 7 heteroatoms. The molecule has 7 nitrogen and oxygen atoms in total. The van der Waals surface area contributed by atoms with Crippen molar-refractivity contribution in [3.05, 3.63) is 42.5 Å². The second-order valence-electron chi connectivity index (χ2n) is 5.53. The Morgan fingerprint density at radius 3 is 2.75 bits per heavy atom. The van der Waals surface area contributed by atoms with Crippen molar-refractivity contribution in [3.63, 3.8) is 0 Å². The van der Waals surface area contributed by atoms with Gasteiger partial charge in [-0.05, 0) is 31.0 Å². The highest BCUT2D eigenvalue weighted by atomic mass is 16.5. The van der Waals surface area contributed by atoms with E-state index >= 15 is 0 Å². The van der Waals surface area contributed by atoms with Crippen LogP contribution in [-0.2, 0) is 14.3 Å². The van der Waals surface area contributed by atoms with Gasteiger partial charge in [0.25, 0.3) is 5.91 Å². The molecule has 0 heterocycles. The molecule has 24 heavy (non-hydrogen) atoms. The Balaban J connectivity index is 1.98. The molecule has 0 saturated heterocycles. The number of carboxylic acid groups (broad SMARTS) is 1. The first kappa shape index (κ1) is 17.7. The summed E-state index contributed by atoms with van der Waals surface area (Å²) < 4.78 is 5.08. The Kier molecular flexibility index (Phi) is 6.08. The summed E-state index contributed by atoms with van der Waals surface area (Å²) in [6.07, 6.45) is 3.26. The molecule has 1 saturated carbocycles. The van der Waals surface area contributed by atoms with Crippen LogP contribution in [0.4, 0.5) is 5.69 Å². The van der Waals surface area contributed by atoms with Crippen LogP contribution < -0.4 is 10.6 Å². The molecule has 2 amide bonds. The van der Waals surface area contributed by atoms with E-state index in [1.807, 2.05) is 0 Å². The number of hydrogen-bond donors (Lipinski definition) is 3. The zero-order valence-electron chi connectivity index (χ0n) is 13.2. The summed E-state index contributed by atoms with van der Waals surface area (Å²) in [6.45, 7) is 3.50. The minimum atomic E-state index is -1.19. The van der Waals surface area contributed by atoms with E-state index in [1.165, 1.54) is 12.1 Å². The van der Waals surface area contributed by atoms with E-state index in [9.17, 15) is 14.4 Å². The second-order valence-corrected chi connectivity index (χ2v) is 5.53. The molecule has 0 aliphatic heterocycles. The summed E-state index contributed by atoms with van der Waals surface area (Å²) in [5.41, 5.74) is 0.771. The van der Waals surface area contributed by atoms with Gasteiger partial charge in [-0.2, -0.15) is 0 Å². The van der Waals surface area contributed by atoms with Crippen LogP contribution in [0.1, 0.15) is 23.2 Å². The van der Waals surface area contributed by atoms with Crippen molar-refractivity contribution in [1.29, 1.82) is 0 Å². The van der Waals surface area contributed by atoms with Gasteiger partial charge in [-0.25, -0.2) is 4.79 Å². The number of amides is 2. The molecule has 3 N–H and O–H groups in total. The first-order chi connectivity index (χ1) is 11.5. The van der Waals surface area contributed by atoms with Crippen molar-refractivity contribution in [1.82, 2.24) is 5.32 Å². The first-order valence-corrected chi connectivity index (χ1v) is 7.64. The van der Waals surface area contributed by atoms with E-state index in [1.54, 1.807) is 18.2 Å². The van der Waals surface area contributed by atoms with Gasteiger partial charge in [0.05, 0.1) is 13.2 Å². The summed E-state index contributed by atoms with van der Waals surface area (Å²) in [7, 11) is 0. The molecule has 1 aliphatic rings. The van der Waals surface area contributed by atoms with Crippen molar-refractivity contribution in [2.24, 2.45) is 5.92 Å². The summed E-state index contributed by atoms with van der Waals surface area (Å²) in [5.74, 6) is -1.74. The standard InChI is InChI=1S/C17H20N2O5/c1-2-8-24-10-14(17(22)23)19-16(21)12-4-3-5-13(9-12)18-15(20)11-6-7-11/h2-5,9,11,14H,1,6-8,10H2,(H,18,20)(H,19,21)(H,22,23). The van der Waals surface area contributed by atoms with Gasteiger partial charge in [0.1, 0.15) is 0 Å². The van der Waals surface area contributed by atoms with Gasteiger partial charge in [0.15, 0.2) is 6.04 Å². The smallest absolute Gasteiger partial charge is 0.328 e. The maximum atomic E-state index is 12.2. The number of nitrogens with one attached hydrogen (secondary N) is 2. The average Bonchev–Trinajstić information content (AvgIpc) is 3.39. The highest BCUT2D eigenvalue weighted by molar-refractivity contribution is 5.99. The fourth-order valence-corrected chi connectivity index (χ4v) is 2.01. The van der Waals surface area contributed by atoms with Gasteiger partial charge in [-0.3, -0.25) is 9.59 Å². The Morgan fingerprint density at radius 1 is 1.38 bits per heavy atom. The molecule has 1 fully saturated rings. The van der Waals surface area contributed by atoms with Gasteiger partial charge >= 0.3 is 5.97 Å². The Hall–Kier alpha value is -2.67. The number of carbonyl (C=O) groups is 3. The molecule has 1 aromatic carbocycles. The summed E-state index contributed by atoms with van der Waals surface area (Å²) in [4.78, 5) is 35.1. The topological polar surface area (TPSA) is 105 Å². The van der Waals surface area contributed by atoms with Crippen molar-refractivity contribution in [3.8, 4) is 0 Å². The Morgan fingerprint density at radius 2 is 2.12 bits per heavy atom. The predicted octanol–water partition coefficient (Wildman–Crippen LogP) is 1.42. The van der Waals surface area contributed by atoms with E-state index in [4.69, 9.17) is 9.84 Å². The number of anilines is 1. The SMILES string of the molecule is C=CCOCC(NC(=O)c1cccc(NC(=O)C2CC2)c1)C(=O)O. The first-order valence-electron chi connectivity index (χ1n) is 7.64. The maximum Gasteiger partial charge on any atom is 0.328 e. The number of carbonyl (C=O) groups excluding carboxylic acids is 2. The Labute approximate surface area is 139 Å². The van der Waals surface area contributed by atoms with E-state index in [-0.39, 0.29) is 30.6 Å². The zero-order valence-corrected chi connectivity index (χ0v) is 13.2. The number of aliphatic carboxylic acids is 1. The summed E-state index contributed by atoms with van der Waals surface area (Å²) >= 11 is 0. The Bertz CT molecular complexity index is 640. The molecule has 128 valence electrons. The third-order valence-corrected chi connectivity index (χ3v) is 3.46. The molecule has 0 spiro atoms. The molecule has 1 aliphatic carbocycles. The molecule has 1 aromatic rings. The van der Waals surface area contributed by atoms with Gasteiger partial charge in [0.2, 0.25) is 5.91 Å². The number of hydrogen-bond acceptors (Lipinski definition) is 4. The number of ether oxygens (including phenoxy) is 1. The molecular weight excluding hydrogens is 312 g/mol. The molecule has 0 bridgehead atoms. The predicted molar refractivity (Wildman–Crippen MR) is 87.7 cm³/mol. The van der Waals surface area contributed by atoms with Gasteiger partial charge in [0, 0.05) is 17.2 Å². The summed E-state index contributed by atoms with van der Waals surface area (Å²) in [6, 6.07) is 5.20. The minimum absolute atomic E-state index is 0.0564. The monoisotopic (exact) mass is 332 g/mol. The normalized spacial score (nSPS) is 14.5. The van der Waals surface area contributed by atoms with Crippen LogP contribution in [0.25, 0.3) is 0 Å². The van der Waals surface area contributed by atoms with Gasteiger partial charge < -0.3 is 20.5 Å². The lowest BCUT2D eigenvalue weighted by Crippen LogP contribution is -2.44. The average molecular weight is 332 g/mol. The minimum Gasteiger partial charge on any atom is -0.480 e. The fraction of sp³-hybridized carbons (Fsp3) is 0.353. The highest BCUT2D eigenvalue weighted by Gasteiger charge is 2.29. The van der Waals surface area contributed by atoms with Crippen LogP contribution in [0.3, 0.4) is 0 Å².